The molecular formula is C35H61N2S2+. The van der Waals surface area contributed by atoms with Crippen LogP contribution in [0, 0.1) is 6.92 Å². The molecule has 0 unspecified atom stereocenters. The predicted molar refractivity (Wildman–Crippen MR) is 178 cm³/mol. The number of allylic oxidation sites excluding steroid dienone is 3. The molecule has 0 saturated heterocycles. The Hall–Kier alpha value is -1.00. The van der Waals surface area contributed by atoms with Gasteiger partial charge in [0.05, 0.1) is 10.4 Å². The van der Waals surface area contributed by atoms with Crippen LogP contribution in [0.5, 0.6) is 0 Å². The molecule has 0 radical (unpaired) electrons. The predicted octanol–water partition coefficient (Wildman–Crippen LogP) is 12.0. The van der Waals surface area contributed by atoms with Crippen LogP contribution >= 0.6 is 23.1 Å². The Bertz CT molecular complexity index is 836. The summed E-state index contributed by atoms with van der Waals surface area (Å²) < 4.78 is 2.53. The standard InChI is InChI=1S/C35H61N2S2/c1-5-7-9-11-13-15-17-19-21-23-28-36-32(3)30-38-34(36)26-25-27-35-37(33(4)31-39-35)29-24-22-20-18-16-14-12-10-8-6-2/h25-27,30-31H,5-24,28-29H2,1-4H3/q+1. The third kappa shape index (κ3) is 15.0. The Labute approximate surface area is 251 Å². The molecule has 2 heterocycles. The number of hydrogen-bond acceptors (Lipinski definition) is 3. The van der Waals surface area contributed by atoms with E-state index in [1.807, 2.05) is 23.1 Å². The van der Waals surface area contributed by atoms with Crippen LogP contribution in [0.25, 0.3) is 6.08 Å². The zero-order valence-corrected chi connectivity index (χ0v) is 27.8. The van der Waals surface area contributed by atoms with Crippen molar-refractivity contribution in [3.8, 4) is 0 Å². The molecule has 222 valence electrons. The topological polar surface area (TPSA) is 7.12 Å². The highest BCUT2D eigenvalue weighted by Crippen LogP contribution is 2.34. The third-order valence-corrected chi connectivity index (χ3v) is 10.1. The van der Waals surface area contributed by atoms with E-state index in [2.05, 4.69) is 66.2 Å². The van der Waals surface area contributed by atoms with Gasteiger partial charge in [0.25, 0.3) is 5.01 Å². The highest BCUT2D eigenvalue weighted by Gasteiger charge is 2.17. The number of nitrogens with zero attached hydrogens (tertiary/aromatic N) is 2. The number of unbranched alkanes of at least 4 members (excludes halogenated alkanes) is 18. The lowest BCUT2D eigenvalue weighted by atomic mass is 10.1. The van der Waals surface area contributed by atoms with Gasteiger partial charge in [-0.25, -0.2) is 0 Å². The van der Waals surface area contributed by atoms with Crippen molar-refractivity contribution in [3.05, 3.63) is 44.4 Å². The minimum absolute atomic E-state index is 1.16. The highest BCUT2D eigenvalue weighted by atomic mass is 32.2. The normalized spacial score (nSPS) is 14.8. The van der Waals surface area contributed by atoms with E-state index in [-0.39, 0.29) is 0 Å². The smallest absolute Gasteiger partial charge is 0.261 e. The van der Waals surface area contributed by atoms with Crippen LogP contribution in [0.15, 0.2) is 33.7 Å². The molecule has 1 aliphatic heterocycles. The quantitative estimate of drug-likeness (QED) is 0.0896. The van der Waals surface area contributed by atoms with Crippen molar-refractivity contribution in [2.75, 3.05) is 6.54 Å². The van der Waals surface area contributed by atoms with Crippen molar-refractivity contribution in [1.82, 2.24) is 4.90 Å². The number of thiazole rings is 1. The van der Waals surface area contributed by atoms with Gasteiger partial charge in [-0.3, -0.25) is 0 Å². The summed E-state index contributed by atoms with van der Waals surface area (Å²) in [5.41, 5.74) is 2.80. The largest absolute Gasteiger partial charge is 0.339 e. The van der Waals surface area contributed by atoms with Crippen molar-refractivity contribution >= 4 is 29.2 Å². The van der Waals surface area contributed by atoms with E-state index < -0.39 is 0 Å². The second-order valence-electron chi connectivity index (χ2n) is 11.6. The zero-order valence-electron chi connectivity index (χ0n) is 26.2. The molecular weight excluding hydrogens is 513 g/mol. The number of thioether (sulfide) groups is 1. The van der Waals surface area contributed by atoms with Crippen molar-refractivity contribution in [2.45, 2.75) is 163 Å². The molecule has 0 N–H and O–H groups in total. The average molecular weight is 574 g/mol. The van der Waals surface area contributed by atoms with Crippen molar-refractivity contribution < 1.29 is 4.57 Å². The fraction of sp³-hybridized carbons (Fsp3) is 0.743. The molecule has 0 saturated carbocycles. The van der Waals surface area contributed by atoms with Crippen molar-refractivity contribution in [2.24, 2.45) is 0 Å². The first-order chi connectivity index (χ1) is 19.2. The van der Waals surface area contributed by atoms with E-state index >= 15 is 0 Å². The Morgan fingerprint density at radius 3 is 1.77 bits per heavy atom. The Balaban J connectivity index is 1.67. The summed E-state index contributed by atoms with van der Waals surface area (Å²) in [6, 6.07) is 0. The molecule has 2 nitrogen and oxygen atoms in total. The lowest BCUT2D eigenvalue weighted by Crippen LogP contribution is -2.37. The molecule has 0 aromatic carbocycles. The monoisotopic (exact) mass is 573 g/mol. The molecule has 1 aromatic heterocycles. The van der Waals surface area contributed by atoms with Gasteiger partial charge in [-0.15, -0.1) is 0 Å². The zero-order chi connectivity index (χ0) is 28.0. The van der Waals surface area contributed by atoms with Crippen LogP contribution in [0.3, 0.4) is 0 Å². The summed E-state index contributed by atoms with van der Waals surface area (Å²) in [5.74, 6) is 0. The summed E-state index contributed by atoms with van der Waals surface area (Å²) in [7, 11) is 0. The van der Waals surface area contributed by atoms with Crippen LogP contribution in [0.2, 0.25) is 0 Å². The van der Waals surface area contributed by atoms with E-state index in [4.69, 9.17) is 0 Å². The van der Waals surface area contributed by atoms with Gasteiger partial charge in [0.2, 0.25) is 0 Å². The van der Waals surface area contributed by atoms with Crippen LogP contribution in [0.1, 0.15) is 160 Å². The minimum Gasteiger partial charge on any atom is -0.339 e. The molecule has 1 aromatic rings. The van der Waals surface area contributed by atoms with Crippen molar-refractivity contribution in [3.63, 3.8) is 0 Å². The minimum atomic E-state index is 1.16. The van der Waals surface area contributed by atoms with Gasteiger partial charge in [-0.05, 0) is 31.2 Å². The summed E-state index contributed by atoms with van der Waals surface area (Å²) >= 11 is 3.77. The number of hydrogen-bond donors (Lipinski definition) is 0. The summed E-state index contributed by atoms with van der Waals surface area (Å²) in [6.07, 6.45) is 34.9. The second-order valence-corrected chi connectivity index (χ2v) is 13.4. The number of aromatic nitrogens is 1. The molecule has 4 heteroatoms. The molecule has 0 fully saturated rings. The molecule has 0 spiro atoms. The van der Waals surface area contributed by atoms with Crippen LogP contribution < -0.4 is 4.57 Å². The van der Waals surface area contributed by atoms with E-state index in [0.29, 0.717) is 0 Å². The van der Waals surface area contributed by atoms with E-state index in [9.17, 15) is 0 Å². The van der Waals surface area contributed by atoms with E-state index in [1.54, 1.807) is 0 Å². The number of aryl methyl sites for hydroxylation is 1. The molecule has 0 atom stereocenters. The Morgan fingerprint density at radius 1 is 0.692 bits per heavy atom. The maximum atomic E-state index is 2.53. The molecule has 1 aliphatic rings. The van der Waals surface area contributed by atoms with E-state index in [1.165, 1.54) is 150 Å². The fourth-order valence-corrected chi connectivity index (χ4v) is 7.33. The van der Waals surface area contributed by atoms with Gasteiger partial charge in [0, 0.05) is 31.7 Å². The first-order valence-corrected chi connectivity index (χ1v) is 18.4. The maximum Gasteiger partial charge on any atom is 0.261 e. The Kier molecular flexibility index (Phi) is 19.9. The SMILES string of the molecule is CCCCCCCCCCCCN1C(C)=CS/C1=C\C=C\c1scc(C)[n+]1CCCCCCCCCCCC. The first kappa shape index (κ1) is 34.2. The highest BCUT2D eigenvalue weighted by molar-refractivity contribution is 8.06. The molecule has 0 aliphatic carbocycles. The maximum absolute atomic E-state index is 2.53. The Morgan fingerprint density at radius 2 is 1.21 bits per heavy atom. The number of rotatable bonds is 24. The molecule has 0 bridgehead atoms. The van der Waals surface area contributed by atoms with E-state index in [0.717, 1.165) is 13.1 Å². The van der Waals surface area contributed by atoms with Gasteiger partial charge < -0.3 is 4.90 Å². The molecule has 2 rings (SSSR count). The van der Waals surface area contributed by atoms with Gasteiger partial charge in [-0.1, -0.05) is 152 Å². The lowest BCUT2D eigenvalue weighted by Gasteiger charge is -2.21. The molecule has 39 heavy (non-hydrogen) atoms. The van der Waals surface area contributed by atoms with Gasteiger partial charge in [0.15, 0.2) is 5.69 Å². The summed E-state index contributed by atoms with van der Waals surface area (Å²) in [5, 5.41) is 7.40. The van der Waals surface area contributed by atoms with Crippen molar-refractivity contribution in [1.29, 1.82) is 0 Å². The summed E-state index contributed by atoms with van der Waals surface area (Å²) in [6.45, 7) is 11.4. The lowest BCUT2D eigenvalue weighted by molar-refractivity contribution is -0.700. The first-order valence-electron chi connectivity index (χ1n) is 16.6. The van der Waals surface area contributed by atoms with Crippen LogP contribution in [0.4, 0.5) is 0 Å². The van der Waals surface area contributed by atoms with Gasteiger partial charge in [-0.2, -0.15) is 4.57 Å². The second kappa shape index (κ2) is 22.7. The van der Waals surface area contributed by atoms with Crippen LogP contribution in [-0.2, 0) is 6.54 Å². The fourth-order valence-electron chi connectivity index (χ4n) is 5.45. The molecule has 0 amide bonds. The van der Waals surface area contributed by atoms with Crippen LogP contribution in [-0.4, -0.2) is 11.4 Å². The van der Waals surface area contributed by atoms with Gasteiger partial charge in [0.1, 0.15) is 6.54 Å². The van der Waals surface area contributed by atoms with Gasteiger partial charge >= 0.3 is 0 Å². The third-order valence-electron chi connectivity index (χ3n) is 8.03. The average Bonchev–Trinajstić information content (AvgIpc) is 3.47. The summed E-state index contributed by atoms with van der Waals surface area (Å²) in [4.78, 5) is 2.53.